The Morgan fingerprint density at radius 3 is 2.87 bits per heavy atom. The van der Waals surface area contributed by atoms with Gasteiger partial charge in [-0.15, -0.1) is 0 Å². The first-order chi connectivity index (χ1) is 7.16. The Balaban J connectivity index is 2.03. The van der Waals surface area contributed by atoms with Crippen molar-refractivity contribution in [2.45, 2.75) is 12.5 Å². The number of hydrogen-bond donors (Lipinski definition) is 2. The second-order valence-corrected chi connectivity index (χ2v) is 4.68. The predicted octanol–water partition coefficient (Wildman–Crippen LogP) is 2.40. The van der Waals surface area contributed by atoms with Crippen LogP contribution in [0.1, 0.15) is 6.42 Å². The largest absolute Gasteiger partial charge is 0.325 e. The van der Waals surface area contributed by atoms with Crippen molar-refractivity contribution in [3.8, 4) is 0 Å². The molecule has 80 valence electrons. The normalized spacial score (nSPS) is 19.5. The molecule has 0 aromatic heterocycles. The van der Waals surface area contributed by atoms with Gasteiger partial charge in [-0.2, -0.15) is 0 Å². The summed E-state index contributed by atoms with van der Waals surface area (Å²) in [4.78, 5) is 11.6. The maximum absolute atomic E-state index is 11.6. The van der Waals surface area contributed by atoms with Crippen molar-refractivity contribution in [3.63, 3.8) is 0 Å². The van der Waals surface area contributed by atoms with E-state index in [1.54, 1.807) is 18.2 Å². The molecule has 1 fully saturated rings. The van der Waals surface area contributed by atoms with E-state index < -0.39 is 0 Å². The summed E-state index contributed by atoms with van der Waals surface area (Å²) >= 11 is 9.15. The standard InChI is InChI=1S/C10H10BrClN2O/c11-7-5-6(1-2-8(7)12)14-10(15)9-3-4-13-9/h1-2,5,9,13H,3-4H2,(H,14,15)/t9-/m1/s1. The van der Waals surface area contributed by atoms with Gasteiger partial charge < -0.3 is 10.6 Å². The van der Waals surface area contributed by atoms with Crippen molar-refractivity contribution in [2.24, 2.45) is 0 Å². The van der Waals surface area contributed by atoms with Crippen molar-refractivity contribution in [1.29, 1.82) is 0 Å². The number of anilines is 1. The van der Waals surface area contributed by atoms with Gasteiger partial charge in [0.15, 0.2) is 0 Å². The molecule has 0 bridgehead atoms. The van der Waals surface area contributed by atoms with Crippen LogP contribution in [0.5, 0.6) is 0 Å². The summed E-state index contributed by atoms with van der Waals surface area (Å²) < 4.78 is 0.781. The molecule has 1 amide bonds. The van der Waals surface area contributed by atoms with E-state index >= 15 is 0 Å². The Labute approximate surface area is 101 Å². The summed E-state index contributed by atoms with van der Waals surface area (Å²) in [5.74, 6) is 0.00970. The Morgan fingerprint density at radius 2 is 2.33 bits per heavy atom. The van der Waals surface area contributed by atoms with Crippen LogP contribution in [-0.4, -0.2) is 18.5 Å². The minimum Gasteiger partial charge on any atom is -0.325 e. The van der Waals surface area contributed by atoms with Crippen molar-refractivity contribution in [3.05, 3.63) is 27.7 Å². The maximum Gasteiger partial charge on any atom is 0.241 e. The highest BCUT2D eigenvalue weighted by Crippen LogP contribution is 2.25. The number of carbonyl (C=O) groups excluding carboxylic acids is 1. The molecule has 2 N–H and O–H groups in total. The van der Waals surface area contributed by atoms with Crippen molar-refractivity contribution < 1.29 is 4.79 Å². The lowest BCUT2D eigenvalue weighted by atomic mass is 10.1. The summed E-state index contributed by atoms with van der Waals surface area (Å²) in [6, 6.07) is 5.28. The molecule has 1 heterocycles. The summed E-state index contributed by atoms with van der Waals surface area (Å²) in [5.41, 5.74) is 0.755. The molecular weight excluding hydrogens is 279 g/mol. The van der Waals surface area contributed by atoms with E-state index in [-0.39, 0.29) is 11.9 Å². The van der Waals surface area contributed by atoms with Crippen LogP contribution in [-0.2, 0) is 4.79 Å². The number of amides is 1. The Bertz CT molecular complexity index is 393. The average Bonchev–Trinajstić information content (AvgIpc) is 2.08. The molecule has 1 aliphatic heterocycles. The lowest BCUT2D eigenvalue weighted by Crippen LogP contribution is -2.50. The fourth-order valence-corrected chi connectivity index (χ4v) is 1.81. The molecule has 1 aromatic carbocycles. The van der Waals surface area contributed by atoms with Gasteiger partial charge in [-0.25, -0.2) is 0 Å². The van der Waals surface area contributed by atoms with Crippen LogP contribution in [0.2, 0.25) is 5.02 Å². The van der Waals surface area contributed by atoms with Gasteiger partial charge in [0.1, 0.15) is 0 Å². The van der Waals surface area contributed by atoms with Gasteiger partial charge in [0, 0.05) is 10.2 Å². The van der Waals surface area contributed by atoms with E-state index in [9.17, 15) is 4.79 Å². The third-order valence-electron chi connectivity index (χ3n) is 2.33. The first kappa shape index (κ1) is 10.9. The van der Waals surface area contributed by atoms with Gasteiger partial charge in [0.2, 0.25) is 5.91 Å². The zero-order valence-corrected chi connectivity index (χ0v) is 10.2. The maximum atomic E-state index is 11.6. The third-order valence-corrected chi connectivity index (χ3v) is 3.54. The minimum absolute atomic E-state index is 0.00970. The van der Waals surface area contributed by atoms with Crippen molar-refractivity contribution >= 4 is 39.1 Å². The number of benzene rings is 1. The highest BCUT2D eigenvalue weighted by atomic mass is 79.9. The van der Waals surface area contributed by atoms with Gasteiger partial charge in [0.05, 0.1) is 11.1 Å². The molecule has 2 rings (SSSR count). The van der Waals surface area contributed by atoms with Crippen LogP contribution in [0.15, 0.2) is 22.7 Å². The minimum atomic E-state index is -0.0422. The van der Waals surface area contributed by atoms with E-state index in [1.807, 2.05) is 0 Å². The highest BCUT2D eigenvalue weighted by Gasteiger charge is 2.24. The first-order valence-corrected chi connectivity index (χ1v) is 5.83. The van der Waals surface area contributed by atoms with Crippen LogP contribution >= 0.6 is 27.5 Å². The number of hydrogen-bond acceptors (Lipinski definition) is 2. The quantitative estimate of drug-likeness (QED) is 0.878. The number of carbonyl (C=O) groups is 1. The van der Waals surface area contributed by atoms with Crippen LogP contribution in [0.25, 0.3) is 0 Å². The molecule has 0 saturated carbocycles. The van der Waals surface area contributed by atoms with E-state index in [0.29, 0.717) is 5.02 Å². The number of nitrogens with one attached hydrogen (secondary N) is 2. The lowest BCUT2D eigenvalue weighted by molar-refractivity contribution is -0.119. The SMILES string of the molecule is O=C(Nc1ccc(Cl)c(Br)c1)[C@H]1CCN1. The van der Waals surface area contributed by atoms with Gasteiger partial charge in [-0.1, -0.05) is 11.6 Å². The molecule has 0 aliphatic carbocycles. The number of halogens is 2. The topological polar surface area (TPSA) is 41.1 Å². The fourth-order valence-electron chi connectivity index (χ4n) is 1.32. The predicted molar refractivity (Wildman–Crippen MR) is 64.2 cm³/mol. The monoisotopic (exact) mass is 288 g/mol. The summed E-state index contributed by atoms with van der Waals surface area (Å²) in [6.45, 7) is 0.919. The van der Waals surface area contributed by atoms with Crippen LogP contribution in [0.3, 0.4) is 0 Å². The van der Waals surface area contributed by atoms with Crippen molar-refractivity contribution in [1.82, 2.24) is 5.32 Å². The van der Waals surface area contributed by atoms with Crippen LogP contribution in [0, 0.1) is 0 Å². The van der Waals surface area contributed by atoms with E-state index in [2.05, 4.69) is 26.6 Å². The molecule has 0 spiro atoms. The van der Waals surface area contributed by atoms with Gasteiger partial charge in [-0.05, 0) is 47.1 Å². The van der Waals surface area contributed by atoms with Crippen LogP contribution in [0.4, 0.5) is 5.69 Å². The average molecular weight is 290 g/mol. The summed E-state index contributed by atoms with van der Waals surface area (Å²) in [6.07, 6.45) is 0.903. The Hall–Kier alpha value is -0.580. The Morgan fingerprint density at radius 1 is 1.60 bits per heavy atom. The molecule has 1 aliphatic rings. The van der Waals surface area contributed by atoms with Gasteiger partial charge in [-0.3, -0.25) is 4.79 Å². The molecule has 15 heavy (non-hydrogen) atoms. The Kier molecular flexibility index (Phi) is 3.29. The molecule has 0 radical (unpaired) electrons. The van der Waals surface area contributed by atoms with E-state index in [1.165, 1.54) is 0 Å². The molecule has 5 heteroatoms. The molecule has 0 unspecified atom stereocenters. The first-order valence-electron chi connectivity index (χ1n) is 4.66. The second kappa shape index (κ2) is 4.51. The third kappa shape index (κ3) is 2.51. The zero-order chi connectivity index (χ0) is 10.8. The van der Waals surface area contributed by atoms with Crippen molar-refractivity contribution in [2.75, 3.05) is 11.9 Å². The zero-order valence-electron chi connectivity index (χ0n) is 7.89. The molecular formula is C10H10BrClN2O. The summed E-state index contributed by atoms with van der Waals surface area (Å²) in [5, 5.41) is 6.50. The lowest BCUT2D eigenvalue weighted by Gasteiger charge is -2.26. The van der Waals surface area contributed by atoms with Gasteiger partial charge >= 0.3 is 0 Å². The van der Waals surface area contributed by atoms with E-state index in [4.69, 9.17) is 11.6 Å². The van der Waals surface area contributed by atoms with E-state index in [0.717, 1.165) is 23.1 Å². The second-order valence-electron chi connectivity index (χ2n) is 3.41. The smallest absolute Gasteiger partial charge is 0.241 e. The number of rotatable bonds is 2. The van der Waals surface area contributed by atoms with Gasteiger partial charge in [0.25, 0.3) is 0 Å². The molecule has 3 nitrogen and oxygen atoms in total. The molecule has 1 aromatic rings. The summed E-state index contributed by atoms with van der Waals surface area (Å²) in [7, 11) is 0. The fraction of sp³-hybridized carbons (Fsp3) is 0.300. The molecule has 1 saturated heterocycles. The van der Waals surface area contributed by atoms with Crippen LogP contribution < -0.4 is 10.6 Å². The molecule has 1 atom stereocenters. The highest BCUT2D eigenvalue weighted by molar-refractivity contribution is 9.10.